The van der Waals surface area contributed by atoms with Crippen molar-refractivity contribution in [3.05, 3.63) is 65.2 Å². The zero-order chi connectivity index (χ0) is 18.6. The standard InChI is InChI=1S/C20H20ClFN4O/c21-15-5-2-1-4-14(15)18(26-8-10-27-11-9-26)12-23-20-19-16(22)6-3-7-17(19)24-13-25-20/h1-7,13,18H,8-12H2,(H,23,24,25). The lowest BCUT2D eigenvalue weighted by molar-refractivity contribution is 0.0187. The third kappa shape index (κ3) is 3.88. The van der Waals surface area contributed by atoms with Crippen LogP contribution in [0.25, 0.3) is 10.9 Å². The summed E-state index contributed by atoms with van der Waals surface area (Å²) < 4.78 is 19.8. The summed E-state index contributed by atoms with van der Waals surface area (Å²) in [6, 6.07) is 12.7. The van der Waals surface area contributed by atoms with Crippen molar-refractivity contribution in [2.24, 2.45) is 0 Å². The van der Waals surface area contributed by atoms with Crippen molar-refractivity contribution < 1.29 is 9.13 Å². The number of hydrogen-bond acceptors (Lipinski definition) is 5. The van der Waals surface area contributed by atoms with Gasteiger partial charge in [-0.15, -0.1) is 0 Å². The monoisotopic (exact) mass is 386 g/mol. The highest BCUT2D eigenvalue weighted by Gasteiger charge is 2.24. The summed E-state index contributed by atoms with van der Waals surface area (Å²) in [5, 5.41) is 4.44. The van der Waals surface area contributed by atoms with Crippen LogP contribution in [0.15, 0.2) is 48.8 Å². The van der Waals surface area contributed by atoms with Crippen molar-refractivity contribution in [2.45, 2.75) is 6.04 Å². The topological polar surface area (TPSA) is 50.3 Å². The lowest BCUT2D eigenvalue weighted by Gasteiger charge is -2.35. The van der Waals surface area contributed by atoms with Crippen LogP contribution >= 0.6 is 11.6 Å². The molecule has 1 aliphatic rings. The van der Waals surface area contributed by atoms with Crippen LogP contribution < -0.4 is 5.32 Å². The Morgan fingerprint density at radius 1 is 1.11 bits per heavy atom. The van der Waals surface area contributed by atoms with Crippen LogP contribution in [0.2, 0.25) is 5.02 Å². The number of nitrogens with one attached hydrogen (secondary N) is 1. The highest BCUT2D eigenvalue weighted by Crippen LogP contribution is 2.29. The van der Waals surface area contributed by atoms with E-state index in [1.807, 2.05) is 24.3 Å². The molecule has 140 valence electrons. The fourth-order valence-electron chi connectivity index (χ4n) is 3.47. The van der Waals surface area contributed by atoms with Crippen molar-refractivity contribution in [3.8, 4) is 0 Å². The van der Waals surface area contributed by atoms with Crippen LogP contribution in [0.5, 0.6) is 0 Å². The molecule has 1 N–H and O–H groups in total. The maximum Gasteiger partial charge on any atom is 0.140 e. The van der Waals surface area contributed by atoms with Gasteiger partial charge in [-0.3, -0.25) is 4.90 Å². The molecule has 0 spiro atoms. The van der Waals surface area contributed by atoms with Gasteiger partial charge in [-0.05, 0) is 23.8 Å². The molecule has 1 fully saturated rings. The summed E-state index contributed by atoms with van der Waals surface area (Å²) in [7, 11) is 0. The Labute approximate surface area is 162 Å². The summed E-state index contributed by atoms with van der Waals surface area (Å²) in [6.07, 6.45) is 1.45. The Morgan fingerprint density at radius 2 is 1.93 bits per heavy atom. The number of fused-ring (bicyclic) bond motifs is 1. The van der Waals surface area contributed by atoms with E-state index in [0.717, 1.165) is 23.7 Å². The van der Waals surface area contributed by atoms with Crippen molar-refractivity contribution in [1.82, 2.24) is 14.9 Å². The number of aromatic nitrogens is 2. The third-order valence-electron chi connectivity index (χ3n) is 4.83. The highest BCUT2D eigenvalue weighted by atomic mass is 35.5. The van der Waals surface area contributed by atoms with Crippen LogP contribution in [0.1, 0.15) is 11.6 Å². The van der Waals surface area contributed by atoms with E-state index in [-0.39, 0.29) is 11.9 Å². The van der Waals surface area contributed by atoms with Gasteiger partial charge in [0, 0.05) is 24.7 Å². The third-order valence-corrected chi connectivity index (χ3v) is 5.17. The fraction of sp³-hybridized carbons (Fsp3) is 0.300. The first-order valence-electron chi connectivity index (χ1n) is 8.93. The molecule has 27 heavy (non-hydrogen) atoms. The van der Waals surface area contributed by atoms with Gasteiger partial charge in [0.05, 0.1) is 30.2 Å². The first kappa shape index (κ1) is 18.1. The Kier molecular flexibility index (Phi) is 5.48. The second-order valence-corrected chi connectivity index (χ2v) is 6.83. The minimum atomic E-state index is -0.337. The first-order chi connectivity index (χ1) is 13.2. The Morgan fingerprint density at radius 3 is 2.74 bits per heavy atom. The Hall–Kier alpha value is -2.28. The van der Waals surface area contributed by atoms with Gasteiger partial charge < -0.3 is 10.1 Å². The fourth-order valence-corrected chi connectivity index (χ4v) is 3.73. The predicted octanol–water partition coefficient (Wildman–Crippen LogP) is 3.91. The molecular formula is C20H20ClFN4O. The molecule has 3 aromatic rings. The van der Waals surface area contributed by atoms with Gasteiger partial charge in [-0.2, -0.15) is 0 Å². The molecule has 4 rings (SSSR count). The number of ether oxygens (including phenoxy) is 1. The number of rotatable bonds is 5. The zero-order valence-electron chi connectivity index (χ0n) is 14.7. The molecule has 0 aliphatic carbocycles. The minimum Gasteiger partial charge on any atom is -0.379 e. The van der Waals surface area contributed by atoms with Crippen LogP contribution in [0.3, 0.4) is 0 Å². The van der Waals surface area contributed by atoms with Crippen LogP contribution in [-0.2, 0) is 4.74 Å². The number of nitrogens with zero attached hydrogens (tertiary/aromatic N) is 3. The molecule has 2 aromatic carbocycles. The number of halogens is 2. The zero-order valence-corrected chi connectivity index (χ0v) is 15.5. The smallest absolute Gasteiger partial charge is 0.140 e. The largest absolute Gasteiger partial charge is 0.379 e. The molecule has 5 nitrogen and oxygen atoms in total. The maximum atomic E-state index is 14.3. The molecule has 0 amide bonds. The molecule has 1 aromatic heterocycles. The van der Waals surface area contributed by atoms with E-state index in [1.165, 1.54) is 12.4 Å². The molecule has 1 unspecified atom stereocenters. The van der Waals surface area contributed by atoms with Crippen LogP contribution in [0, 0.1) is 5.82 Å². The highest BCUT2D eigenvalue weighted by molar-refractivity contribution is 6.31. The second kappa shape index (κ2) is 8.17. The molecule has 0 saturated carbocycles. The Balaban J connectivity index is 1.64. The molecule has 1 atom stereocenters. The summed E-state index contributed by atoms with van der Waals surface area (Å²) >= 11 is 6.47. The summed E-state index contributed by atoms with van der Waals surface area (Å²) in [4.78, 5) is 10.7. The van der Waals surface area contributed by atoms with Crippen molar-refractivity contribution in [2.75, 3.05) is 38.2 Å². The number of morpholine rings is 1. The van der Waals surface area contributed by atoms with Crippen molar-refractivity contribution in [1.29, 1.82) is 0 Å². The molecule has 1 saturated heterocycles. The van der Waals surface area contributed by atoms with Crippen LogP contribution in [-0.4, -0.2) is 47.7 Å². The van der Waals surface area contributed by atoms with E-state index >= 15 is 0 Å². The quantitative estimate of drug-likeness (QED) is 0.720. The van der Waals surface area contributed by atoms with Gasteiger partial charge >= 0.3 is 0 Å². The molecule has 0 radical (unpaired) electrons. The van der Waals surface area contributed by atoms with Gasteiger partial charge in [0.15, 0.2) is 0 Å². The van der Waals surface area contributed by atoms with Gasteiger partial charge in [0.1, 0.15) is 18.0 Å². The van der Waals surface area contributed by atoms with E-state index < -0.39 is 0 Å². The summed E-state index contributed by atoms with van der Waals surface area (Å²) in [6.45, 7) is 3.55. The lowest BCUT2D eigenvalue weighted by atomic mass is 10.0. The molecular weight excluding hydrogens is 367 g/mol. The van der Waals surface area contributed by atoms with E-state index in [2.05, 4.69) is 20.2 Å². The predicted molar refractivity (Wildman–Crippen MR) is 105 cm³/mol. The van der Waals surface area contributed by atoms with Gasteiger partial charge in [-0.25, -0.2) is 14.4 Å². The van der Waals surface area contributed by atoms with Gasteiger partial charge in [0.25, 0.3) is 0 Å². The molecule has 7 heteroatoms. The minimum absolute atomic E-state index is 0.0272. The van der Waals surface area contributed by atoms with Crippen LogP contribution in [0.4, 0.5) is 10.2 Å². The Bertz CT molecular complexity index is 928. The van der Waals surface area contributed by atoms with Gasteiger partial charge in [-0.1, -0.05) is 35.9 Å². The van der Waals surface area contributed by atoms with E-state index in [4.69, 9.17) is 16.3 Å². The number of hydrogen-bond donors (Lipinski definition) is 1. The molecule has 2 heterocycles. The summed E-state index contributed by atoms with van der Waals surface area (Å²) in [5.74, 6) is 0.152. The first-order valence-corrected chi connectivity index (χ1v) is 9.31. The van der Waals surface area contributed by atoms with Crippen molar-refractivity contribution >= 4 is 28.3 Å². The lowest BCUT2D eigenvalue weighted by Crippen LogP contribution is -2.41. The summed E-state index contributed by atoms with van der Waals surface area (Å²) in [5.41, 5.74) is 1.61. The number of anilines is 1. The van der Waals surface area contributed by atoms with Crippen molar-refractivity contribution in [3.63, 3.8) is 0 Å². The molecule has 0 bridgehead atoms. The maximum absolute atomic E-state index is 14.3. The second-order valence-electron chi connectivity index (χ2n) is 6.42. The average molecular weight is 387 g/mol. The molecule has 1 aliphatic heterocycles. The van der Waals surface area contributed by atoms with E-state index in [0.29, 0.717) is 36.5 Å². The SMILES string of the molecule is Fc1cccc2ncnc(NCC(c3ccccc3Cl)N3CCOCC3)c12. The van der Waals surface area contributed by atoms with Gasteiger partial charge in [0.2, 0.25) is 0 Å². The normalized spacial score (nSPS) is 16.4. The number of benzene rings is 2. The average Bonchev–Trinajstić information content (AvgIpc) is 2.70. The van der Waals surface area contributed by atoms with E-state index in [9.17, 15) is 4.39 Å². The van der Waals surface area contributed by atoms with E-state index in [1.54, 1.807) is 12.1 Å².